The molecule has 0 fully saturated rings. The maximum atomic E-state index is 6.25. The molecule has 0 amide bonds. The molecule has 1 heterocycles. The van der Waals surface area contributed by atoms with E-state index in [1.807, 2.05) is 30.3 Å². The minimum Gasteiger partial charge on any atom is -0.322 e. The molecule has 0 saturated carbocycles. The van der Waals surface area contributed by atoms with Crippen LogP contribution in [0, 0.1) is 0 Å². The Morgan fingerprint density at radius 3 is 2.61 bits per heavy atom. The zero-order chi connectivity index (χ0) is 13.0. The van der Waals surface area contributed by atoms with Crippen molar-refractivity contribution in [3.8, 4) is 0 Å². The van der Waals surface area contributed by atoms with Crippen molar-refractivity contribution in [1.82, 2.24) is 4.98 Å². The summed E-state index contributed by atoms with van der Waals surface area (Å²) < 4.78 is 0. The average molecular weight is 261 g/mol. The van der Waals surface area contributed by atoms with Crippen molar-refractivity contribution in [3.05, 3.63) is 64.4 Å². The van der Waals surface area contributed by atoms with Crippen LogP contribution in [0.4, 0.5) is 0 Å². The van der Waals surface area contributed by atoms with Crippen molar-refractivity contribution < 1.29 is 0 Å². The second kappa shape index (κ2) is 5.98. The highest BCUT2D eigenvalue weighted by Gasteiger charge is 2.12. The number of benzene rings is 1. The van der Waals surface area contributed by atoms with Crippen LogP contribution in [-0.4, -0.2) is 4.98 Å². The third kappa shape index (κ3) is 3.09. The lowest BCUT2D eigenvalue weighted by Crippen LogP contribution is -2.16. The average Bonchev–Trinajstić information content (AvgIpc) is 2.41. The van der Waals surface area contributed by atoms with Gasteiger partial charge in [0.2, 0.25) is 0 Å². The molecule has 2 N–H and O–H groups in total. The van der Waals surface area contributed by atoms with Crippen LogP contribution in [0.2, 0.25) is 5.02 Å². The van der Waals surface area contributed by atoms with Crippen molar-refractivity contribution in [3.63, 3.8) is 0 Å². The van der Waals surface area contributed by atoms with Gasteiger partial charge in [0, 0.05) is 11.2 Å². The van der Waals surface area contributed by atoms with E-state index in [-0.39, 0.29) is 6.04 Å². The van der Waals surface area contributed by atoms with Gasteiger partial charge >= 0.3 is 0 Å². The lowest BCUT2D eigenvalue weighted by atomic mass is 9.99. The molecule has 2 aromatic rings. The first-order valence-corrected chi connectivity index (χ1v) is 6.52. The van der Waals surface area contributed by atoms with Crippen LogP contribution >= 0.6 is 11.6 Å². The highest BCUT2D eigenvalue weighted by atomic mass is 35.5. The maximum Gasteiger partial charge on any atom is 0.0606 e. The number of aryl methyl sites for hydroxylation is 1. The molecule has 2 rings (SSSR count). The fourth-order valence-electron chi connectivity index (χ4n) is 2.05. The Morgan fingerprint density at radius 2 is 1.94 bits per heavy atom. The maximum absolute atomic E-state index is 6.25. The summed E-state index contributed by atoms with van der Waals surface area (Å²) in [6.07, 6.45) is 3.54. The fourth-order valence-corrected chi connectivity index (χ4v) is 2.18. The van der Waals surface area contributed by atoms with E-state index in [0.29, 0.717) is 0 Å². The predicted molar refractivity (Wildman–Crippen MR) is 75.7 cm³/mol. The highest BCUT2D eigenvalue weighted by molar-refractivity contribution is 6.30. The minimum atomic E-state index is -0.0673. The second-order valence-electron chi connectivity index (χ2n) is 4.34. The molecule has 1 atom stereocenters. The largest absolute Gasteiger partial charge is 0.322 e. The number of halogens is 1. The molecule has 2 nitrogen and oxygen atoms in total. The summed E-state index contributed by atoms with van der Waals surface area (Å²) in [5.41, 5.74) is 9.64. The minimum absolute atomic E-state index is 0.0673. The van der Waals surface area contributed by atoms with Crippen LogP contribution in [0.25, 0.3) is 0 Å². The summed E-state index contributed by atoms with van der Waals surface area (Å²) >= 11 is 5.87. The Hall–Kier alpha value is -1.38. The summed E-state index contributed by atoms with van der Waals surface area (Å²) in [6.45, 7) is 2.12. The van der Waals surface area contributed by atoms with Crippen molar-refractivity contribution in [2.75, 3.05) is 0 Å². The molecular formula is C15H17ClN2. The Morgan fingerprint density at radius 1 is 1.22 bits per heavy atom. The Bertz CT molecular complexity index is 508. The Balaban J connectivity index is 2.16. The fraction of sp³-hybridized carbons (Fsp3) is 0.267. The zero-order valence-corrected chi connectivity index (χ0v) is 11.2. The Labute approximate surface area is 113 Å². The molecule has 0 spiro atoms. The molecule has 0 aliphatic carbocycles. The quantitative estimate of drug-likeness (QED) is 0.913. The first-order valence-electron chi connectivity index (χ1n) is 6.14. The number of pyridine rings is 1. The molecule has 0 aliphatic rings. The summed E-state index contributed by atoms with van der Waals surface area (Å²) in [4.78, 5) is 4.41. The van der Waals surface area contributed by atoms with Crippen molar-refractivity contribution in [1.29, 1.82) is 0 Å². The van der Waals surface area contributed by atoms with E-state index in [9.17, 15) is 0 Å². The van der Waals surface area contributed by atoms with Crippen LogP contribution in [0.3, 0.4) is 0 Å². The summed E-state index contributed by atoms with van der Waals surface area (Å²) in [5.74, 6) is 0. The molecule has 0 saturated heterocycles. The van der Waals surface area contributed by atoms with E-state index < -0.39 is 0 Å². The molecule has 0 aliphatic heterocycles. The van der Waals surface area contributed by atoms with Gasteiger partial charge in [0.25, 0.3) is 0 Å². The molecule has 0 radical (unpaired) electrons. The normalized spacial score (nSPS) is 12.4. The van der Waals surface area contributed by atoms with Gasteiger partial charge in [0.1, 0.15) is 0 Å². The van der Waals surface area contributed by atoms with Gasteiger partial charge < -0.3 is 5.73 Å². The third-order valence-corrected chi connectivity index (χ3v) is 3.28. The molecular weight excluding hydrogens is 244 g/mol. The van der Waals surface area contributed by atoms with Crippen molar-refractivity contribution in [2.45, 2.75) is 25.8 Å². The van der Waals surface area contributed by atoms with Gasteiger partial charge in [-0.25, -0.2) is 0 Å². The van der Waals surface area contributed by atoms with Crippen LogP contribution in [0.1, 0.15) is 29.8 Å². The summed E-state index contributed by atoms with van der Waals surface area (Å²) in [5, 5.41) is 0.749. The second-order valence-corrected chi connectivity index (χ2v) is 4.77. The zero-order valence-electron chi connectivity index (χ0n) is 10.4. The number of hydrogen-bond donors (Lipinski definition) is 1. The van der Waals surface area contributed by atoms with E-state index >= 15 is 0 Å². The van der Waals surface area contributed by atoms with Gasteiger partial charge in [-0.05, 0) is 42.2 Å². The molecule has 3 heteroatoms. The predicted octanol–water partition coefficient (Wildman–Crippen LogP) is 3.54. The molecule has 1 aromatic carbocycles. The van der Waals surface area contributed by atoms with Gasteiger partial charge in [-0.3, -0.25) is 4.98 Å². The van der Waals surface area contributed by atoms with Crippen LogP contribution in [0.5, 0.6) is 0 Å². The van der Waals surface area contributed by atoms with E-state index in [1.165, 1.54) is 11.1 Å². The van der Waals surface area contributed by atoms with Gasteiger partial charge in [-0.15, -0.1) is 0 Å². The van der Waals surface area contributed by atoms with Crippen molar-refractivity contribution in [2.24, 2.45) is 5.73 Å². The topological polar surface area (TPSA) is 38.9 Å². The first kappa shape index (κ1) is 13.1. The molecule has 1 aromatic heterocycles. The van der Waals surface area contributed by atoms with E-state index in [0.717, 1.165) is 23.6 Å². The van der Waals surface area contributed by atoms with E-state index in [1.54, 1.807) is 6.20 Å². The van der Waals surface area contributed by atoms with Gasteiger partial charge in [0.15, 0.2) is 0 Å². The van der Waals surface area contributed by atoms with Crippen LogP contribution in [-0.2, 0) is 12.8 Å². The number of nitrogens with two attached hydrogens (primary N) is 1. The lowest BCUT2D eigenvalue weighted by Gasteiger charge is -2.14. The number of nitrogens with zero attached hydrogens (tertiary/aromatic N) is 1. The lowest BCUT2D eigenvalue weighted by molar-refractivity contribution is 0.685. The molecule has 18 heavy (non-hydrogen) atoms. The smallest absolute Gasteiger partial charge is 0.0606 e. The molecule has 1 unspecified atom stereocenters. The molecule has 94 valence electrons. The van der Waals surface area contributed by atoms with Crippen LogP contribution < -0.4 is 5.73 Å². The summed E-state index contributed by atoms with van der Waals surface area (Å²) in [6, 6.07) is 11.8. The van der Waals surface area contributed by atoms with Gasteiger partial charge in [0.05, 0.1) is 11.7 Å². The number of rotatable bonds is 4. The highest BCUT2D eigenvalue weighted by Crippen LogP contribution is 2.19. The van der Waals surface area contributed by atoms with Crippen molar-refractivity contribution >= 4 is 11.6 Å². The monoisotopic (exact) mass is 260 g/mol. The Kier molecular flexibility index (Phi) is 4.34. The van der Waals surface area contributed by atoms with Crippen LogP contribution in [0.15, 0.2) is 42.6 Å². The summed E-state index contributed by atoms with van der Waals surface area (Å²) in [7, 11) is 0. The van der Waals surface area contributed by atoms with Gasteiger partial charge in [-0.2, -0.15) is 0 Å². The number of hydrogen-bond acceptors (Lipinski definition) is 2. The standard InChI is InChI=1S/C15H17ClN2/c1-2-12-4-3-9-18-15(12)14(17)10-11-5-7-13(16)8-6-11/h3-9,14H,2,10,17H2,1H3. The van der Waals surface area contributed by atoms with E-state index in [4.69, 9.17) is 17.3 Å². The SMILES string of the molecule is CCc1cccnc1C(N)Cc1ccc(Cl)cc1. The van der Waals surface area contributed by atoms with Gasteiger partial charge in [-0.1, -0.05) is 36.7 Å². The third-order valence-electron chi connectivity index (χ3n) is 3.03. The number of aromatic nitrogens is 1. The first-order chi connectivity index (χ1) is 8.70. The van der Waals surface area contributed by atoms with E-state index in [2.05, 4.69) is 18.0 Å². The molecule has 0 bridgehead atoms.